The Labute approximate surface area is 125 Å². The fourth-order valence-electron chi connectivity index (χ4n) is 2.05. The molecule has 0 bridgehead atoms. The molecule has 2 N–H and O–H groups in total. The molecular weight excluding hydrogens is 274 g/mol. The minimum Gasteiger partial charge on any atom is -0.496 e. The molecule has 6 heteroatoms. The number of benzene rings is 1. The van der Waals surface area contributed by atoms with Gasteiger partial charge in [0, 0.05) is 30.2 Å². The van der Waals surface area contributed by atoms with Crippen LogP contribution in [0.4, 0.5) is 0 Å². The van der Waals surface area contributed by atoms with Crippen LogP contribution in [0.15, 0.2) is 12.1 Å². The van der Waals surface area contributed by atoms with Gasteiger partial charge in [0.15, 0.2) is 0 Å². The fourth-order valence-corrected chi connectivity index (χ4v) is 2.05. The van der Waals surface area contributed by atoms with E-state index in [4.69, 9.17) is 19.9 Å². The molecule has 1 atom stereocenters. The van der Waals surface area contributed by atoms with Crippen LogP contribution in [0.5, 0.6) is 17.2 Å². The van der Waals surface area contributed by atoms with Gasteiger partial charge in [-0.2, -0.15) is 0 Å². The van der Waals surface area contributed by atoms with Crippen LogP contribution in [0.2, 0.25) is 0 Å². The number of ether oxygens (including phenoxy) is 4. The number of hydrogen-bond donors (Lipinski definition) is 1. The standard InChI is InChI=1S/C15H23NO5/c1-18-11-8-13(19-2)12(14(9-11)20-3)7-10(16)5-6-15(17)21-4/h8-10H,5-7,16H2,1-4H3. The van der Waals surface area contributed by atoms with Crippen molar-refractivity contribution in [1.82, 2.24) is 0 Å². The minimum absolute atomic E-state index is 0.194. The highest BCUT2D eigenvalue weighted by atomic mass is 16.5. The van der Waals surface area contributed by atoms with E-state index in [1.807, 2.05) is 0 Å². The van der Waals surface area contributed by atoms with Gasteiger partial charge < -0.3 is 24.7 Å². The van der Waals surface area contributed by atoms with Crippen LogP contribution in [0.25, 0.3) is 0 Å². The molecule has 1 aromatic carbocycles. The van der Waals surface area contributed by atoms with E-state index in [1.165, 1.54) is 7.11 Å². The Hall–Kier alpha value is -1.95. The van der Waals surface area contributed by atoms with Crippen molar-refractivity contribution in [2.24, 2.45) is 5.73 Å². The molecule has 0 radical (unpaired) electrons. The van der Waals surface area contributed by atoms with Gasteiger partial charge in [-0.05, 0) is 12.8 Å². The Bertz CT molecular complexity index is 450. The number of carbonyl (C=O) groups excluding carboxylic acids is 1. The normalized spacial score (nSPS) is 11.7. The van der Waals surface area contributed by atoms with Crippen molar-refractivity contribution in [1.29, 1.82) is 0 Å². The third-order valence-electron chi connectivity index (χ3n) is 3.23. The Balaban J connectivity index is 2.87. The lowest BCUT2D eigenvalue weighted by Crippen LogP contribution is -2.24. The van der Waals surface area contributed by atoms with Gasteiger partial charge in [0.2, 0.25) is 0 Å². The van der Waals surface area contributed by atoms with Crippen molar-refractivity contribution in [2.45, 2.75) is 25.3 Å². The van der Waals surface area contributed by atoms with Crippen molar-refractivity contribution in [3.05, 3.63) is 17.7 Å². The number of hydrogen-bond acceptors (Lipinski definition) is 6. The molecule has 118 valence electrons. The van der Waals surface area contributed by atoms with Crippen LogP contribution in [-0.4, -0.2) is 40.5 Å². The maximum absolute atomic E-state index is 11.2. The summed E-state index contributed by atoms with van der Waals surface area (Å²) in [5.74, 6) is 1.69. The Morgan fingerprint density at radius 3 is 2.10 bits per heavy atom. The Morgan fingerprint density at radius 1 is 1.10 bits per heavy atom. The molecule has 0 aromatic heterocycles. The third-order valence-corrected chi connectivity index (χ3v) is 3.23. The summed E-state index contributed by atoms with van der Waals surface area (Å²) in [5, 5.41) is 0. The Kier molecular flexibility index (Phi) is 6.81. The van der Waals surface area contributed by atoms with Gasteiger partial charge in [0.25, 0.3) is 0 Å². The lowest BCUT2D eigenvalue weighted by atomic mass is 10.0. The molecule has 6 nitrogen and oxygen atoms in total. The highest BCUT2D eigenvalue weighted by Gasteiger charge is 2.17. The molecule has 0 fully saturated rings. The SMILES string of the molecule is COC(=O)CCC(N)Cc1c(OC)cc(OC)cc1OC. The number of esters is 1. The molecule has 0 saturated heterocycles. The lowest BCUT2D eigenvalue weighted by Gasteiger charge is -2.18. The Morgan fingerprint density at radius 2 is 1.67 bits per heavy atom. The molecule has 0 spiro atoms. The van der Waals surface area contributed by atoms with E-state index in [-0.39, 0.29) is 12.0 Å². The zero-order valence-corrected chi connectivity index (χ0v) is 13.0. The second kappa shape index (κ2) is 8.36. The van der Waals surface area contributed by atoms with Crippen molar-refractivity contribution in [3.8, 4) is 17.2 Å². The van der Waals surface area contributed by atoms with E-state index >= 15 is 0 Å². The first kappa shape index (κ1) is 17.1. The second-order valence-corrected chi connectivity index (χ2v) is 4.59. The molecule has 21 heavy (non-hydrogen) atoms. The van der Waals surface area contributed by atoms with E-state index in [1.54, 1.807) is 33.5 Å². The average molecular weight is 297 g/mol. The van der Waals surface area contributed by atoms with Gasteiger partial charge in [0.1, 0.15) is 17.2 Å². The molecule has 0 amide bonds. The molecular formula is C15H23NO5. The predicted octanol–water partition coefficient (Wildman–Crippen LogP) is 1.54. The monoisotopic (exact) mass is 297 g/mol. The van der Waals surface area contributed by atoms with Crippen molar-refractivity contribution >= 4 is 5.97 Å². The van der Waals surface area contributed by atoms with E-state index in [2.05, 4.69) is 4.74 Å². The summed E-state index contributed by atoms with van der Waals surface area (Å²) in [6.45, 7) is 0. The summed E-state index contributed by atoms with van der Waals surface area (Å²) in [6, 6.07) is 3.37. The van der Waals surface area contributed by atoms with E-state index < -0.39 is 0 Å². The summed E-state index contributed by atoms with van der Waals surface area (Å²) in [5.41, 5.74) is 6.94. The maximum Gasteiger partial charge on any atom is 0.305 e. The van der Waals surface area contributed by atoms with Gasteiger partial charge >= 0.3 is 5.97 Å². The number of methoxy groups -OCH3 is 4. The van der Waals surface area contributed by atoms with Gasteiger partial charge in [-0.1, -0.05) is 0 Å². The largest absolute Gasteiger partial charge is 0.496 e. The zero-order valence-electron chi connectivity index (χ0n) is 13.0. The first-order valence-corrected chi connectivity index (χ1v) is 6.67. The minimum atomic E-state index is -0.265. The summed E-state index contributed by atoms with van der Waals surface area (Å²) in [7, 11) is 6.11. The summed E-state index contributed by atoms with van der Waals surface area (Å²) >= 11 is 0. The third kappa shape index (κ3) is 4.82. The molecule has 0 heterocycles. The van der Waals surface area contributed by atoms with Crippen molar-refractivity contribution in [3.63, 3.8) is 0 Å². The molecule has 1 rings (SSSR count). The lowest BCUT2D eigenvalue weighted by molar-refractivity contribution is -0.140. The number of nitrogens with two attached hydrogens (primary N) is 1. The van der Waals surface area contributed by atoms with Crippen molar-refractivity contribution in [2.75, 3.05) is 28.4 Å². The average Bonchev–Trinajstić information content (AvgIpc) is 2.52. The van der Waals surface area contributed by atoms with Gasteiger partial charge in [-0.15, -0.1) is 0 Å². The maximum atomic E-state index is 11.2. The van der Waals surface area contributed by atoms with Gasteiger partial charge in [-0.3, -0.25) is 4.79 Å². The predicted molar refractivity (Wildman–Crippen MR) is 79.0 cm³/mol. The molecule has 1 unspecified atom stereocenters. The van der Waals surface area contributed by atoms with Crippen LogP contribution in [0.1, 0.15) is 18.4 Å². The van der Waals surface area contributed by atoms with Crippen LogP contribution >= 0.6 is 0 Å². The quantitative estimate of drug-likeness (QED) is 0.733. The van der Waals surface area contributed by atoms with Gasteiger partial charge in [0.05, 0.1) is 28.4 Å². The van der Waals surface area contributed by atoms with Crippen LogP contribution in [0, 0.1) is 0 Å². The summed E-state index contributed by atoms with van der Waals surface area (Å²) < 4.78 is 20.6. The smallest absolute Gasteiger partial charge is 0.305 e. The molecule has 1 aromatic rings. The highest BCUT2D eigenvalue weighted by Crippen LogP contribution is 2.35. The molecule has 0 aliphatic carbocycles. The zero-order chi connectivity index (χ0) is 15.8. The molecule has 0 aliphatic heterocycles. The number of rotatable bonds is 8. The van der Waals surface area contributed by atoms with Crippen LogP contribution in [-0.2, 0) is 16.0 Å². The van der Waals surface area contributed by atoms with E-state index in [9.17, 15) is 4.79 Å². The first-order valence-electron chi connectivity index (χ1n) is 6.67. The molecule has 0 aliphatic rings. The summed E-state index contributed by atoms with van der Waals surface area (Å²) in [6.07, 6.45) is 1.36. The van der Waals surface area contributed by atoms with Crippen molar-refractivity contribution < 1.29 is 23.7 Å². The molecule has 0 saturated carbocycles. The number of carbonyl (C=O) groups is 1. The summed E-state index contributed by atoms with van der Waals surface area (Å²) in [4.78, 5) is 11.2. The topological polar surface area (TPSA) is 80.0 Å². The van der Waals surface area contributed by atoms with Crippen LogP contribution < -0.4 is 19.9 Å². The van der Waals surface area contributed by atoms with E-state index in [0.717, 1.165) is 5.56 Å². The second-order valence-electron chi connectivity index (χ2n) is 4.59. The van der Waals surface area contributed by atoms with Crippen LogP contribution in [0.3, 0.4) is 0 Å². The van der Waals surface area contributed by atoms with Gasteiger partial charge in [-0.25, -0.2) is 0 Å². The fraction of sp³-hybridized carbons (Fsp3) is 0.533. The first-order chi connectivity index (χ1) is 10.0. The highest BCUT2D eigenvalue weighted by molar-refractivity contribution is 5.69. The van der Waals surface area contributed by atoms with E-state index in [0.29, 0.717) is 36.5 Å².